The molecule has 1 aliphatic heterocycles. The number of anilines is 1. The van der Waals surface area contributed by atoms with Gasteiger partial charge >= 0.3 is 0 Å². The molecule has 1 aliphatic rings. The molecule has 0 amide bonds. The zero-order valence-corrected chi connectivity index (χ0v) is 10.6. The summed E-state index contributed by atoms with van der Waals surface area (Å²) in [4.78, 5) is 4.39. The maximum absolute atomic E-state index is 4.39. The third kappa shape index (κ3) is 1.98. The van der Waals surface area contributed by atoms with Gasteiger partial charge in [-0.25, -0.2) is 4.98 Å². The van der Waals surface area contributed by atoms with Crippen molar-refractivity contribution in [1.82, 2.24) is 14.8 Å². The van der Waals surface area contributed by atoms with Crippen molar-refractivity contribution in [2.24, 2.45) is 0 Å². The first kappa shape index (κ1) is 11.3. The number of rotatable bonds is 3. The Hall–Kier alpha value is -1.84. The fourth-order valence-electron chi connectivity index (χ4n) is 2.69. The molecule has 94 valence electrons. The highest BCUT2D eigenvalue weighted by atomic mass is 15.3. The number of benzene rings is 1. The highest BCUT2D eigenvalue weighted by molar-refractivity contribution is 5.54. The average molecular weight is 242 g/mol. The standard InChI is InChI=1S/C14H18N4/c1-2-18-14(16-10-17-18)9-11-7-8-15-13-6-4-3-5-12(11)13/h3-6,10-11,15H,2,7-9H2,1H3. The Balaban J connectivity index is 1.86. The van der Waals surface area contributed by atoms with Crippen LogP contribution in [0.1, 0.15) is 30.7 Å². The maximum Gasteiger partial charge on any atom is 0.138 e. The number of hydrogen-bond acceptors (Lipinski definition) is 3. The molecule has 1 unspecified atom stereocenters. The fourth-order valence-corrected chi connectivity index (χ4v) is 2.69. The third-order valence-corrected chi connectivity index (χ3v) is 3.63. The molecule has 2 aromatic rings. The molecule has 0 fully saturated rings. The molecule has 18 heavy (non-hydrogen) atoms. The Bertz CT molecular complexity index is 532. The van der Waals surface area contributed by atoms with Gasteiger partial charge in [-0.3, -0.25) is 4.68 Å². The smallest absolute Gasteiger partial charge is 0.138 e. The van der Waals surface area contributed by atoms with E-state index in [4.69, 9.17) is 0 Å². The summed E-state index contributed by atoms with van der Waals surface area (Å²) in [6, 6.07) is 8.58. The highest BCUT2D eigenvalue weighted by Gasteiger charge is 2.21. The predicted octanol–water partition coefficient (Wildman–Crippen LogP) is 2.44. The van der Waals surface area contributed by atoms with E-state index in [1.54, 1.807) is 6.33 Å². The van der Waals surface area contributed by atoms with Crippen LogP contribution < -0.4 is 5.32 Å². The van der Waals surface area contributed by atoms with Gasteiger partial charge in [0.2, 0.25) is 0 Å². The van der Waals surface area contributed by atoms with E-state index in [1.165, 1.54) is 11.3 Å². The number of nitrogens with zero attached hydrogens (tertiary/aromatic N) is 3. The fraction of sp³-hybridized carbons (Fsp3) is 0.429. The average Bonchev–Trinajstić information content (AvgIpc) is 2.86. The quantitative estimate of drug-likeness (QED) is 0.899. The van der Waals surface area contributed by atoms with Gasteiger partial charge in [0.25, 0.3) is 0 Å². The van der Waals surface area contributed by atoms with Crippen LogP contribution in [0.5, 0.6) is 0 Å². The molecule has 0 bridgehead atoms. The van der Waals surface area contributed by atoms with Gasteiger partial charge in [-0.2, -0.15) is 5.10 Å². The zero-order chi connectivity index (χ0) is 12.4. The monoisotopic (exact) mass is 242 g/mol. The lowest BCUT2D eigenvalue weighted by Crippen LogP contribution is -2.19. The van der Waals surface area contributed by atoms with E-state index in [0.717, 1.165) is 31.8 Å². The van der Waals surface area contributed by atoms with Crippen LogP contribution in [-0.4, -0.2) is 21.3 Å². The van der Waals surface area contributed by atoms with Gasteiger partial charge in [0.1, 0.15) is 12.2 Å². The van der Waals surface area contributed by atoms with Gasteiger partial charge in [-0.15, -0.1) is 0 Å². The van der Waals surface area contributed by atoms with Gasteiger partial charge in [0.15, 0.2) is 0 Å². The Morgan fingerprint density at radius 1 is 1.39 bits per heavy atom. The zero-order valence-electron chi connectivity index (χ0n) is 10.6. The van der Waals surface area contributed by atoms with Crippen molar-refractivity contribution in [1.29, 1.82) is 0 Å². The second kappa shape index (κ2) is 4.80. The van der Waals surface area contributed by atoms with E-state index in [2.05, 4.69) is 46.6 Å². The number of nitrogens with one attached hydrogen (secondary N) is 1. The molecule has 0 saturated carbocycles. The van der Waals surface area contributed by atoms with Crippen molar-refractivity contribution >= 4 is 5.69 Å². The lowest BCUT2D eigenvalue weighted by molar-refractivity contribution is 0.552. The topological polar surface area (TPSA) is 42.7 Å². The van der Waals surface area contributed by atoms with Crippen molar-refractivity contribution in [2.45, 2.75) is 32.2 Å². The molecule has 1 aromatic carbocycles. The highest BCUT2D eigenvalue weighted by Crippen LogP contribution is 2.33. The molecular weight excluding hydrogens is 224 g/mol. The SMILES string of the molecule is CCn1ncnc1CC1CCNc2ccccc21. The third-order valence-electron chi connectivity index (χ3n) is 3.63. The number of aromatic nitrogens is 3. The van der Waals surface area contributed by atoms with Crippen LogP contribution in [-0.2, 0) is 13.0 Å². The van der Waals surface area contributed by atoms with Crippen molar-refractivity contribution in [3.05, 3.63) is 42.0 Å². The van der Waals surface area contributed by atoms with E-state index in [9.17, 15) is 0 Å². The predicted molar refractivity (Wildman–Crippen MR) is 71.7 cm³/mol. The first-order chi connectivity index (χ1) is 8.88. The van der Waals surface area contributed by atoms with E-state index < -0.39 is 0 Å². The largest absolute Gasteiger partial charge is 0.385 e. The summed E-state index contributed by atoms with van der Waals surface area (Å²) < 4.78 is 1.99. The van der Waals surface area contributed by atoms with Crippen molar-refractivity contribution in [3.63, 3.8) is 0 Å². The van der Waals surface area contributed by atoms with Crippen molar-refractivity contribution in [2.75, 3.05) is 11.9 Å². The van der Waals surface area contributed by atoms with E-state index in [-0.39, 0.29) is 0 Å². The lowest BCUT2D eigenvalue weighted by atomic mass is 9.88. The molecule has 0 radical (unpaired) electrons. The molecule has 0 spiro atoms. The van der Waals surface area contributed by atoms with Crippen LogP contribution >= 0.6 is 0 Å². The number of para-hydroxylation sites is 1. The van der Waals surface area contributed by atoms with Gasteiger partial charge in [-0.05, 0) is 30.9 Å². The normalized spacial score (nSPS) is 18.2. The minimum Gasteiger partial charge on any atom is -0.385 e. The number of hydrogen-bond donors (Lipinski definition) is 1. The van der Waals surface area contributed by atoms with Crippen LogP contribution in [0.3, 0.4) is 0 Å². The molecule has 0 saturated heterocycles. The first-order valence-corrected chi connectivity index (χ1v) is 6.58. The van der Waals surface area contributed by atoms with Crippen LogP contribution in [0.15, 0.2) is 30.6 Å². The van der Waals surface area contributed by atoms with Gasteiger partial charge in [-0.1, -0.05) is 18.2 Å². The van der Waals surface area contributed by atoms with Crippen molar-refractivity contribution < 1.29 is 0 Å². The number of fused-ring (bicyclic) bond motifs is 1. The minimum atomic E-state index is 0.553. The van der Waals surface area contributed by atoms with E-state index in [0.29, 0.717) is 5.92 Å². The van der Waals surface area contributed by atoms with Gasteiger partial charge in [0, 0.05) is 25.2 Å². The summed E-state index contributed by atoms with van der Waals surface area (Å²) in [6.07, 6.45) is 3.80. The minimum absolute atomic E-state index is 0.553. The molecule has 4 heteroatoms. The lowest BCUT2D eigenvalue weighted by Gasteiger charge is -2.26. The van der Waals surface area contributed by atoms with E-state index in [1.807, 2.05) is 4.68 Å². The Labute approximate surface area is 107 Å². The first-order valence-electron chi connectivity index (χ1n) is 6.58. The Morgan fingerprint density at radius 3 is 3.17 bits per heavy atom. The maximum atomic E-state index is 4.39. The summed E-state index contributed by atoms with van der Waals surface area (Å²) in [6.45, 7) is 4.04. The summed E-state index contributed by atoms with van der Waals surface area (Å²) >= 11 is 0. The van der Waals surface area contributed by atoms with Crippen molar-refractivity contribution in [3.8, 4) is 0 Å². The van der Waals surface area contributed by atoms with Crippen LogP contribution in [0.25, 0.3) is 0 Å². The summed E-state index contributed by atoms with van der Waals surface area (Å²) in [7, 11) is 0. The summed E-state index contributed by atoms with van der Waals surface area (Å²) in [5.41, 5.74) is 2.69. The Morgan fingerprint density at radius 2 is 2.28 bits per heavy atom. The molecule has 1 N–H and O–H groups in total. The van der Waals surface area contributed by atoms with Gasteiger partial charge < -0.3 is 5.32 Å². The van der Waals surface area contributed by atoms with Crippen LogP contribution in [0.2, 0.25) is 0 Å². The van der Waals surface area contributed by atoms with Gasteiger partial charge in [0.05, 0.1) is 0 Å². The molecule has 0 aliphatic carbocycles. The molecule has 1 atom stereocenters. The van der Waals surface area contributed by atoms with Crippen LogP contribution in [0.4, 0.5) is 5.69 Å². The second-order valence-corrected chi connectivity index (χ2v) is 4.70. The summed E-state index contributed by atoms with van der Waals surface area (Å²) in [5, 5.41) is 7.70. The summed E-state index contributed by atoms with van der Waals surface area (Å²) in [5.74, 6) is 1.65. The second-order valence-electron chi connectivity index (χ2n) is 4.70. The van der Waals surface area contributed by atoms with E-state index >= 15 is 0 Å². The molecule has 1 aromatic heterocycles. The van der Waals surface area contributed by atoms with Crippen LogP contribution in [0, 0.1) is 0 Å². The Kier molecular flexibility index (Phi) is 3.00. The molecule has 2 heterocycles. The number of aryl methyl sites for hydroxylation is 1. The molecule has 3 rings (SSSR count). The molecule has 4 nitrogen and oxygen atoms in total. The molecular formula is C14H18N4.